The average Bonchev–Trinajstić information content (AvgIpc) is 3.88. The molecular weight excluding hydrogens is 737 g/mol. The monoisotopic (exact) mass is 787 g/mol. The average molecular weight is 788 g/mol. The number of aromatic nitrogens is 1. The van der Waals surface area contributed by atoms with E-state index in [0.717, 1.165) is 31.3 Å². The Hall–Kier alpha value is -4.73. The van der Waals surface area contributed by atoms with Crippen molar-refractivity contribution in [1.82, 2.24) is 20.5 Å². The summed E-state index contributed by atoms with van der Waals surface area (Å²) in [7, 11) is -4.12. The number of carbonyl (C=O) groups is 5. The minimum atomic E-state index is -4.12. The molecule has 3 N–H and O–H groups in total. The van der Waals surface area contributed by atoms with Crippen LogP contribution in [0.1, 0.15) is 88.7 Å². The van der Waals surface area contributed by atoms with Crippen LogP contribution in [0.3, 0.4) is 0 Å². The zero-order chi connectivity index (χ0) is 39.5. The largest absolute Gasteiger partial charge is 0.510 e. The number of carbonyl (C=O) groups excluding carboxylic acids is 5. The van der Waals surface area contributed by atoms with Crippen LogP contribution >= 0.6 is 7.60 Å². The number of ether oxygens (including phenoxy) is 4. The van der Waals surface area contributed by atoms with Gasteiger partial charge >= 0.3 is 19.9 Å². The number of H-pyrrole nitrogens is 1. The highest BCUT2D eigenvalue weighted by molar-refractivity contribution is 7.53. The van der Waals surface area contributed by atoms with Crippen LogP contribution in [-0.4, -0.2) is 103 Å². The Bertz CT molecular complexity index is 1790. The summed E-state index contributed by atoms with van der Waals surface area (Å²) in [5.41, 5.74) is 2.32. The quantitative estimate of drug-likeness (QED) is 0.110. The minimum Gasteiger partial charge on any atom is -0.432 e. The molecule has 3 aliphatic heterocycles. The number of benzene rings is 1. The fourth-order valence-corrected chi connectivity index (χ4v) is 8.01. The first-order valence-corrected chi connectivity index (χ1v) is 20.3. The van der Waals surface area contributed by atoms with Crippen molar-refractivity contribution in [2.24, 2.45) is 4.99 Å². The lowest BCUT2D eigenvalue weighted by molar-refractivity contribution is -0.142. The van der Waals surface area contributed by atoms with Crippen LogP contribution in [0.4, 0.5) is 9.59 Å². The Morgan fingerprint density at radius 1 is 0.945 bits per heavy atom. The number of nitrogens with zero attached hydrogens (tertiary/aromatic N) is 2. The number of nitrogens with one attached hydrogen (secondary N) is 3. The van der Waals surface area contributed by atoms with Crippen molar-refractivity contribution in [2.45, 2.75) is 109 Å². The predicted molar refractivity (Wildman–Crippen MR) is 199 cm³/mol. The number of aromatic amines is 1. The summed E-state index contributed by atoms with van der Waals surface area (Å²) in [5, 5.41) is 6.48. The van der Waals surface area contributed by atoms with Crippen molar-refractivity contribution in [3.05, 3.63) is 47.2 Å². The zero-order valence-corrected chi connectivity index (χ0v) is 32.5. The first kappa shape index (κ1) is 41.4. The van der Waals surface area contributed by atoms with Gasteiger partial charge < -0.3 is 39.5 Å². The van der Waals surface area contributed by atoms with Crippen molar-refractivity contribution in [1.29, 1.82) is 0 Å². The molecule has 1 aromatic carbocycles. The maximum Gasteiger partial charge on any atom is 0.510 e. The van der Waals surface area contributed by atoms with Gasteiger partial charge in [0.25, 0.3) is 5.91 Å². The van der Waals surface area contributed by atoms with Crippen LogP contribution in [0.25, 0.3) is 10.9 Å². The molecule has 0 spiro atoms. The highest BCUT2D eigenvalue weighted by Crippen LogP contribution is 2.51. The third-order valence-electron chi connectivity index (χ3n) is 9.19. The van der Waals surface area contributed by atoms with Gasteiger partial charge in [0.05, 0.1) is 24.9 Å². The molecular formula is C37H50N5O12P. The molecule has 0 saturated carbocycles. The van der Waals surface area contributed by atoms with Crippen molar-refractivity contribution in [3.8, 4) is 0 Å². The number of hydrogen-bond acceptors (Lipinski definition) is 13. The number of hydrogen-bond donors (Lipinski definition) is 3. The van der Waals surface area contributed by atoms with Crippen LogP contribution in [0.5, 0.6) is 0 Å². The number of aliphatic imine (C=N–C) groups is 1. The third kappa shape index (κ3) is 11.9. The molecule has 2 aromatic rings. The van der Waals surface area contributed by atoms with Gasteiger partial charge in [0, 0.05) is 29.7 Å². The van der Waals surface area contributed by atoms with E-state index < -0.39 is 63.7 Å². The smallest absolute Gasteiger partial charge is 0.432 e. The normalized spacial score (nSPS) is 19.8. The van der Waals surface area contributed by atoms with E-state index >= 15 is 0 Å². The molecule has 55 heavy (non-hydrogen) atoms. The number of amides is 3. The lowest BCUT2D eigenvalue weighted by Gasteiger charge is -2.35. The molecule has 3 aliphatic rings. The molecule has 5 rings (SSSR count). The van der Waals surface area contributed by atoms with Crippen LogP contribution in [0.2, 0.25) is 0 Å². The summed E-state index contributed by atoms with van der Waals surface area (Å²) in [6.45, 7) is 6.07. The van der Waals surface area contributed by atoms with Gasteiger partial charge in [-0.15, -0.1) is 0 Å². The standard InChI is InChI=1S/C37H50N5O12P/c1-23(2)53-36(46)49-21-51-55(48,52-22-50-37(47)54-24(3)4)20-26-9-11-29-27(17-26)18-31(40-29)33(43)41-30-8-6-5-7-28-10-12-32(42(28)35(30)45)34(44)39-16-14-25-13-15-38-19-25/h9,11,13,17-19,23-24,28,30,32,40H,5-8,10,12,14-16,20-22H2,1-4H3,(H,39,44)(H,41,43)/t28?,30-,32-/m0/s1. The van der Waals surface area contributed by atoms with Gasteiger partial charge in [-0.25, -0.2) is 9.59 Å². The number of rotatable bonds is 16. The second kappa shape index (κ2) is 19.2. The van der Waals surface area contributed by atoms with Crippen molar-refractivity contribution in [2.75, 3.05) is 26.7 Å². The van der Waals surface area contributed by atoms with Crippen molar-refractivity contribution < 1.29 is 56.5 Å². The van der Waals surface area contributed by atoms with Gasteiger partial charge in [-0.1, -0.05) is 25.0 Å². The fourth-order valence-electron chi connectivity index (χ4n) is 6.68. The topological polar surface area (TPSA) is 213 Å². The Morgan fingerprint density at radius 2 is 1.64 bits per heavy atom. The molecule has 300 valence electrons. The van der Waals surface area contributed by atoms with E-state index in [1.54, 1.807) is 56.9 Å². The molecule has 2 saturated heterocycles. The molecule has 2 fully saturated rings. The second-order valence-electron chi connectivity index (χ2n) is 14.1. The molecule has 0 bridgehead atoms. The maximum atomic E-state index is 14.0. The van der Waals surface area contributed by atoms with Gasteiger partial charge in [0.15, 0.2) is 0 Å². The lowest BCUT2D eigenvalue weighted by Crippen LogP contribution is -2.56. The molecule has 0 radical (unpaired) electrons. The third-order valence-corrected chi connectivity index (χ3v) is 10.9. The molecule has 1 aromatic heterocycles. The lowest BCUT2D eigenvalue weighted by atomic mass is 9.99. The van der Waals surface area contributed by atoms with Gasteiger partial charge in [-0.05, 0) is 89.1 Å². The maximum absolute atomic E-state index is 14.0. The van der Waals surface area contributed by atoms with E-state index in [1.165, 1.54) is 0 Å². The SMILES string of the molecule is CC(C)OC(=O)OCOP(=O)(Cc1ccc2[nH]c(C(=O)N[C@H]3CCCCC4CC[C@@H](C(=O)NCCC5=CCN=C5)N4C3=O)cc2c1)OCOC(=O)OC(C)C. The highest BCUT2D eigenvalue weighted by atomic mass is 31.2. The Labute approximate surface area is 319 Å². The van der Waals surface area contributed by atoms with Gasteiger partial charge in [0.1, 0.15) is 17.8 Å². The van der Waals surface area contributed by atoms with E-state index in [1.807, 2.05) is 12.3 Å². The second-order valence-corrected chi connectivity index (χ2v) is 16.2. The summed E-state index contributed by atoms with van der Waals surface area (Å²) >= 11 is 0. The van der Waals surface area contributed by atoms with Crippen LogP contribution < -0.4 is 10.6 Å². The highest BCUT2D eigenvalue weighted by Gasteiger charge is 2.44. The van der Waals surface area contributed by atoms with Crippen LogP contribution in [0, 0.1) is 0 Å². The molecule has 4 heterocycles. The van der Waals surface area contributed by atoms with E-state index in [0.29, 0.717) is 48.8 Å². The van der Waals surface area contributed by atoms with Gasteiger partial charge in [-0.3, -0.25) is 33.0 Å². The van der Waals surface area contributed by atoms with Crippen LogP contribution in [-0.2, 0) is 48.3 Å². The van der Waals surface area contributed by atoms with E-state index in [9.17, 15) is 28.5 Å². The Kier molecular flexibility index (Phi) is 14.5. The molecule has 17 nitrogen and oxygen atoms in total. The fraction of sp³-hybridized carbons (Fsp3) is 0.568. The molecule has 0 aliphatic carbocycles. The first-order chi connectivity index (χ1) is 26.3. The summed E-state index contributed by atoms with van der Waals surface area (Å²) in [6, 6.07) is 5.10. The van der Waals surface area contributed by atoms with Crippen molar-refractivity contribution >= 4 is 54.7 Å². The summed E-state index contributed by atoms with van der Waals surface area (Å²) in [4.78, 5) is 73.4. The Morgan fingerprint density at radius 3 is 2.29 bits per heavy atom. The molecule has 1 unspecified atom stereocenters. The Balaban J connectivity index is 1.23. The van der Waals surface area contributed by atoms with E-state index in [-0.39, 0.29) is 29.7 Å². The molecule has 18 heteroatoms. The summed E-state index contributed by atoms with van der Waals surface area (Å²) < 4.78 is 43.9. The number of fused-ring (bicyclic) bond motifs is 2. The minimum absolute atomic E-state index is 0.0658. The first-order valence-electron chi connectivity index (χ1n) is 18.6. The summed E-state index contributed by atoms with van der Waals surface area (Å²) in [5.74, 6) is -0.947. The predicted octanol–water partition coefficient (Wildman–Crippen LogP) is 5.48. The zero-order valence-electron chi connectivity index (χ0n) is 31.6. The van der Waals surface area contributed by atoms with E-state index in [2.05, 4.69) is 20.6 Å². The molecule has 3 atom stereocenters. The van der Waals surface area contributed by atoms with Crippen molar-refractivity contribution in [3.63, 3.8) is 0 Å². The van der Waals surface area contributed by atoms with Gasteiger partial charge in [0.2, 0.25) is 25.4 Å². The van der Waals surface area contributed by atoms with Crippen LogP contribution in [0.15, 0.2) is 40.9 Å². The molecule has 3 amide bonds. The summed E-state index contributed by atoms with van der Waals surface area (Å²) in [6.07, 6.45) is 5.35. The van der Waals surface area contributed by atoms with E-state index in [4.69, 9.17) is 28.0 Å². The van der Waals surface area contributed by atoms with Gasteiger partial charge in [-0.2, -0.15) is 0 Å².